The second-order valence-electron chi connectivity index (χ2n) is 8.34. The van der Waals surface area contributed by atoms with E-state index in [9.17, 15) is 4.79 Å². The first-order valence-electron chi connectivity index (χ1n) is 11.0. The maximum atomic E-state index is 12.8. The molecular formula is C24H36N2O3. The lowest BCUT2D eigenvalue weighted by atomic mass is 9.96. The van der Waals surface area contributed by atoms with Gasteiger partial charge in [-0.1, -0.05) is 17.7 Å². The van der Waals surface area contributed by atoms with Crippen LogP contribution in [0.1, 0.15) is 50.5 Å². The second-order valence-corrected chi connectivity index (χ2v) is 8.34. The van der Waals surface area contributed by atoms with Gasteiger partial charge in [0, 0.05) is 32.1 Å². The van der Waals surface area contributed by atoms with E-state index in [0.717, 1.165) is 63.2 Å². The number of benzene rings is 1. The molecule has 29 heavy (non-hydrogen) atoms. The topological polar surface area (TPSA) is 42.0 Å². The zero-order valence-corrected chi connectivity index (χ0v) is 18.3. The Morgan fingerprint density at radius 2 is 2.00 bits per heavy atom. The predicted octanol–water partition coefficient (Wildman–Crippen LogP) is 4.06. The Labute approximate surface area is 175 Å². The fourth-order valence-corrected chi connectivity index (χ4v) is 4.44. The molecule has 1 aromatic rings. The quantitative estimate of drug-likeness (QED) is 0.617. The lowest BCUT2D eigenvalue weighted by molar-refractivity contribution is -0.132. The lowest BCUT2D eigenvalue weighted by Crippen LogP contribution is -2.49. The number of carbonyl (C=O) groups is 1. The minimum atomic E-state index is 0.316. The molecule has 0 unspecified atom stereocenters. The van der Waals surface area contributed by atoms with Gasteiger partial charge in [-0.2, -0.15) is 0 Å². The van der Waals surface area contributed by atoms with Crippen LogP contribution in [0.25, 0.3) is 0 Å². The van der Waals surface area contributed by atoms with Gasteiger partial charge in [-0.05, 0) is 69.7 Å². The number of likely N-dealkylation sites (N-methyl/N-ethyl adjacent to an activating group) is 1. The van der Waals surface area contributed by atoms with E-state index in [2.05, 4.69) is 35.1 Å². The van der Waals surface area contributed by atoms with Crippen LogP contribution in [-0.2, 0) is 11.2 Å². The van der Waals surface area contributed by atoms with Crippen molar-refractivity contribution in [2.75, 3.05) is 40.9 Å². The Morgan fingerprint density at radius 1 is 1.17 bits per heavy atom. The Kier molecular flexibility index (Phi) is 7.99. The summed E-state index contributed by atoms with van der Waals surface area (Å²) in [5.41, 5.74) is 2.59. The highest BCUT2D eigenvalue weighted by Crippen LogP contribution is 2.28. The standard InChI is InChI=1S/C24H36N2O3/c1-25(15-13-20-11-12-22(28-2)23(16-20)29-3)21-10-7-14-26(18-21)24(27)17-19-8-5-4-6-9-19/h8,11-12,16,21H,4-7,9-10,13-15,17-18H2,1-3H3/t21-/m0/s1. The van der Waals surface area contributed by atoms with Crippen LogP contribution in [0.2, 0.25) is 0 Å². The maximum Gasteiger partial charge on any atom is 0.226 e. The zero-order chi connectivity index (χ0) is 20.6. The predicted molar refractivity (Wildman–Crippen MR) is 117 cm³/mol. The third kappa shape index (κ3) is 5.99. The first-order chi connectivity index (χ1) is 14.1. The van der Waals surface area contributed by atoms with Crippen LogP contribution in [0, 0.1) is 0 Å². The van der Waals surface area contributed by atoms with Crippen molar-refractivity contribution in [1.82, 2.24) is 9.80 Å². The number of likely N-dealkylation sites (tertiary alicyclic amines) is 1. The van der Waals surface area contributed by atoms with Crippen molar-refractivity contribution >= 4 is 5.91 Å². The summed E-state index contributed by atoms with van der Waals surface area (Å²) in [6.07, 6.45) is 10.9. The summed E-state index contributed by atoms with van der Waals surface area (Å²) in [6, 6.07) is 6.56. The van der Waals surface area contributed by atoms with Gasteiger partial charge in [-0.3, -0.25) is 4.79 Å². The summed E-state index contributed by atoms with van der Waals surface area (Å²) in [6.45, 7) is 2.73. The van der Waals surface area contributed by atoms with Gasteiger partial charge >= 0.3 is 0 Å². The van der Waals surface area contributed by atoms with Gasteiger partial charge in [0.2, 0.25) is 5.91 Å². The van der Waals surface area contributed by atoms with Crippen molar-refractivity contribution in [1.29, 1.82) is 0 Å². The highest BCUT2D eigenvalue weighted by Gasteiger charge is 2.26. The van der Waals surface area contributed by atoms with E-state index in [4.69, 9.17) is 9.47 Å². The van der Waals surface area contributed by atoms with E-state index >= 15 is 0 Å². The molecule has 0 N–H and O–H groups in total. The first-order valence-corrected chi connectivity index (χ1v) is 11.0. The van der Waals surface area contributed by atoms with Crippen molar-refractivity contribution in [3.63, 3.8) is 0 Å². The maximum absolute atomic E-state index is 12.8. The molecule has 0 radical (unpaired) electrons. The van der Waals surface area contributed by atoms with E-state index in [1.54, 1.807) is 14.2 Å². The molecule has 0 aromatic heterocycles. The number of rotatable bonds is 8. The fourth-order valence-electron chi connectivity index (χ4n) is 4.44. The first kappa shape index (κ1) is 21.7. The largest absolute Gasteiger partial charge is 0.493 e. The van der Waals surface area contributed by atoms with Gasteiger partial charge in [0.15, 0.2) is 11.5 Å². The molecule has 1 aliphatic heterocycles. The molecular weight excluding hydrogens is 364 g/mol. The Morgan fingerprint density at radius 3 is 2.72 bits per heavy atom. The number of amides is 1. The number of hydrogen-bond acceptors (Lipinski definition) is 4. The number of nitrogens with zero attached hydrogens (tertiary/aromatic N) is 2. The SMILES string of the molecule is COc1ccc(CCN(C)[C@H]2CCCN(C(=O)CC3=CCCCC3)C2)cc1OC. The van der Waals surface area contributed by atoms with Gasteiger partial charge in [0.05, 0.1) is 14.2 Å². The average molecular weight is 401 g/mol. The van der Waals surface area contributed by atoms with Gasteiger partial charge in [-0.25, -0.2) is 0 Å². The molecule has 5 nitrogen and oxygen atoms in total. The van der Waals surface area contributed by atoms with Crippen LogP contribution in [-0.4, -0.2) is 62.7 Å². The molecule has 1 atom stereocenters. The van der Waals surface area contributed by atoms with Crippen LogP contribution in [0.3, 0.4) is 0 Å². The van der Waals surface area contributed by atoms with Gasteiger partial charge in [0.1, 0.15) is 0 Å². The summed E-state index contributed by atoms with van der Waals surface area (Å²) in [4.78, 5) is 17.3. The number of hydrogen-bond donors (Lipinski definition) is 0. The molecule has 3 rings (SSSR count). The number of allylic oxidation sites excluding steroid dienone is 1. The summed E-state index contributed by atoms with van der Waals surface area (Å²) in [5.74, 6) is 1.86. The van der Waals surface area contributed by atoms with E-state index in [0.29, 0.717) is 18.4 Å². The number of ether oxygens (including phenoxy) is 2. The summed E-state index contributed by atoms with van der Waals surface area (Å²) >= 11 is 0. The molecule has 0 bridgehead atoms. The van der Waals surface area contributed by atoms with Crippen LogP contribution < -0.4 is 9.47 Å². The summed E-state index contributed by atoms with van der Waals surface area (Å²) < 4.78 is 10.7. The van der Waals surface area contributed by atoms with Crippen LogP contribution in [0.4, 0.5) is 0 Å². The van der Waals surface area contributed by atoms with Crippen LogP contribution in [0.5, 0.6) is 11.5 Å². The monoisotopic (exact) mass is 400 g/mol. The smallest absolute Gasteiger partial charge is 0.226 e. The second kappa shape index (κ2) is 10.7. The molecule has 2 aliphatic rings. The molecule has 5 heteroatoms. The molecule has 160 valence electrons. The minimum Gasteiger partial charge on any atom is -0.493 e. The molecule has 1 amide bonds. The molecule has 1 fully saturated rings. The van der Waals surface area contributed by atoms with Gasteiger partial charge in [-0.15, -0.1) is 0 Å². The third-order valence-corrected chi connectivity index (χ3v) is 6.34. The van der Waals surface area contributed by atoms with Gasteiger partial charge in [0.25, 0.3) is 0 Å². The van der Waals surface area contributed by atoms with Crippen LogP contribution >= 0.6 is 0 Å². The highest BCUT2D eigenvalue weighted by atomic mass is 16.5. The number of methoxy groups -OCH3 is 2. The molecule has 1 aromatic carbocycles. The molecule has 1 aliphatic carbocycles. The Hall–Kier alpha value is -2.01. The van der Waals surface area contributed by atoms with Crippen molar-refractivity contribution in [3.8, 4) is 11.5 Å². The number of carbonyl (C=O) groups excluding carboxylic acids is 1. The molecule has 1 saturated heterocycles. The zero-order valence-electron chi connectivity index (χ0n) is 18.3. The summed E-state index contributed by atoms with van der Waals surface area (Å²) in [5, 5.41) is 0. The van der Waals surface area contributed by atoms with Crippen molar-refractivity contribution in [3.05, 3.63) is 35.4 Å². The summed E-state index contributed by atoms with van der Waals surface area (Å²) in [7, 11) is 5.51. The van der Waals surface area contributed by atoms with E-state index in [1.165, 1.54) is 24.0 Å². The van der Waals surface area contributed by atoms with Crippen molar-refractivity contribution < 1.29 is 14.3 Å². The van der Waals surface area contributed by atoms with E-state index < -0.39 is 0 Å². The third-order valence-electron chi connectivity index (χ3n) is 6.34. The molecule has 0 spiro atoms. The Bertz CT molecular complexity index is 716. The molecule has 0 saturated carbocycles. The average Bonchev–Trinajstić information content (AvgIpc) is 2.78. The normalized spacial score (nSPS) is 19.8. The van der Waals surface area contributed by atoms with Crippen LogP contribution in [0.15, 0.2) is 29.8 Å². The minimum absolute atomic E-state index is 0.316. The fraction of sp³-hybridized carbons (Fsp3) is 0.625. The van der Waals surface area contributed by atoms with Crippen molar-refractivity contribution in [2.45, 2.75) is 57.4 Å². The van der Waals surface area contributed by atoms with Gasteiger partial charge < -0.3 is 19.3 Å². The highest BCUT2D eigenvalue weighted by molar-refractivity contribution is 5.78. The molecule has 1 heterocycles. The lowest BCUT2D eigenvalue weighted by Gasteiger charge is -2.38. The number of piperidine rings is 1. The Balaban J connectivity index is 1.50. The van der Waals surface area contributed by atoms with E-state index in [-0.39, 0.29) is 0 Å². The van der Waals surface area contributed by atoms with E-state index in [1.807, 2.05) is 6.07 Å². The van der Waals surface area contributed by atoms with Crippen molar-refractivity contribution in [2.24, 2.45) is 0 Å².